The maximum Gasteiger partial charge on any atom is 0.230 e. The SMILES string of the molecule is CC(C(=O)N(C)C)c1nc(-c2ccccc2)nc2c1c1ccc(Cl)cc1n2C. The van der Waals surface area contributed by atoms with Crippen molar-refractivity contribution in [1.82, 2.24) is 19.4 Å². The zero-order valence-electron chi connectivity index (χ0n) is 16.3. The largest absolute Gasteiger partial charge is 0.348 e. The molecule has 0 aliphatic carbocycles. The minimum absolute atomic E-state index is 0.00461. The zero-order chi connectivity index (χ0) is 20.0. The molecule has 0 aliphatic heterocycles. The molecule has 0 bridgehead atoms. The Morgan fingerprint density at radius 3 is 2.50 bits per heavy atom. The lowest BCUT2D eigenvalue weighted by molar-refractivity contribution is -0.129. The summed E-state index contributed by atoms with van der Waals surface area (Å²) in [5.74, 6) is 0.215. The number of halogens is 1. The maximum atomic E-state index is 12.8. The highest BCUT2D eigenvalue weighted by Crippen LogP contribution is 2.35. The van der Waals surface area contributed by atoms with Gasteiger partial charge in [0.15, 0.2) is 5.82 Å². The first kappa shape index (κ1) is 18.4. The summed E-state index contributed by atoms with van der Waals surface area (Å²) in [6.07, 6.45) is 0. The van der Waals surface area contributed by atoms with E-state index in [-0.39, 0.29) is 5.91 Å². The Kier molecular flexibility index (Phi) is 4.55. The molecular formula is C22H21ClN4O. The molecule has 4 aromatic rings. The van der Waals surface area contributed by atoms with Gasteiger partial charge in [-0.25, -0.2) is 9.97 Å². The van der Waals surface area contributed by atoms with E-state index in [2.05, 4.69) is 0 Å². The third-order valence-corrected chi connectivity index (χ3v) is 5.31. The van der Waals surface area contributed by atoms with Crippen molar-refractivity contribution >= 4 is 39.4 Å². The first-order valence-electron chi connectivity index (χ1n) is 9.10. The Bertz CT molecular complexity index is 1200. The lowest BCUT2D eigenvalue weighted by atomic mass is 10.0. The van der Waals surface area contributed by atoms with Gasteiger partial charge in [-0.1, -0.05) is 48.0 Å². The summed E-state index contributed by atoms with van der Waals surface area (Å²) < 4.78 is 2.01. The van der Waals surface area contributed by atoms with Gasteiger partial charge in [0.05, 0.1) is 17.1 Å². The summed E-state index contributed by atoms with van der Waals surface area (Å²) in [4.78, 5) is 24.1. The molecule has 0 N–H and O–H groups in total. The molecule has 2 heterocycles. The molecule has 0 radical (unpaired) electrons. The van der Waals surface area contributed by atoms with Crippen molar-refractivity contribution in [2.75, 3.05) is 14.1 Å². The van der Waals surface area contributed by atoms with E-state index in [0.717, 1.165) is 33.2 Å². The van der Waals surface area contributed by atoms with Gasteiger partial charge in [0.25, 0.3) is 0 Å². The summed E-state index contributed by atoms with van der Waals surface area (Å²) in [5.41, 5.74) is 3.40. The lowest BCUT2D eigenvalue weighted by Gasteiger charge is -2.18. The van der Waals surface area contributed by atoms with Gasteiger partial charge in [-0.2, -0.15) is 0 Å². The standard InChI is InChI=1S/C22H21ClN4O/c1-13(22(28)26(2)3)19-18-16-11-10-15(23)12-17(16)27(4)21(18)25-20(24-19)14-8-6-5-7-9-14/h5-13H,1-4H3. The number of carbonyl (C=O) groups is 1. The van der Waals surface area contributed by atoms with E-state index in [1.54, 1.807) is 19.0 Å². The van der Waals surface area contributed by atoms with Crippen LogP contribution in [0.5, 0.6) is 0 Å². The molecule has 6 heteroatoms. The van der Waals surface area contributed by atoms with Crippen LogP contribution in [0.1, 0.15) is 18.5 Å². The molecule has 2 aromatic heterocycles. The summed E-state index contributed by atoms with van der Waals surface area (Å²) in [6, 6.07) is 15.6. The topological polar surface area (TPSA) is 51.0 Å². The van der Waals surface area contributed by atoms with E-state index in [1.165, 1.54) is 0 Å². The van der Waals surface area contributed by atoms with E-state index in [4.69, 9.17) is 21.6 Å². The summed E-state index contributed by atoms with van der Waals surface area (Å²) in [6.45, 7) is 1.90. The number of aromatic nitrogens is 3. The van der Waals surface area contributed by atoms with Crippen molar-refractivity contribution in [3.05, 3.63) is 59.2 Å². The van der Waals surface area contributed by atoms with Crippen LogP contribution in [0.25, 0.3) is 33.3 Å². The van der Waals surface area contributed by atoms with Crippen LogP contribution >= 0.6 is 11.6 Å². The van der Waals surface area contributed by atoms with Gasteiger partial charge in [0, 0.05) is 42.5 Å². The third kappa shape index (κ3) is 2.92. The number of hydrogen-bond donors (Lipinski definition) is 0. The molecule has 5 nitrogen and oxygen atoms in total. The fourth-order valence-corrected chi connectivity index (χ4v) is 3.77. The number of amides is 1. The second-order valence-corrected chi connectivity index (χ2v) is 7.61. The normalized spacial score (nSPS) is 12.5. The highest BCUT2D eigenvalue weighted by atomic mass is 35.5. The molecule has 0 saturated heterocycles. The Hall–Kier alpha value is -2.92. The molecule has 1 unspecified atom stereocenters. The van der Waals surface area contributed by atoms with E-state index in [1.807, 2.05) is 67.1 Å². The van der Waals surface area contributed by atoms with Gasteiger partial charge in [0.2, 0.25) is 5.91 Å². The fraction of sp³-hybridized carbons (Fsp3) is 0.227. The smallest absolute Gasteiger partial charge is 0.230 e. The molecule has 1 amide bonds. The second-order valence-electron chi connectivity index (χ2n) is 7.17. The molecule has 142 valence electrons. The van der Waals surface area contributed by atoms with E-state index < -0.39 is 5.92 Å². The molecule has 0 fully saturated rings. The quantitative estimate of drug-likeness (QED) is 0.510. The number of hydrogen-bond acceptors (Lipinski definition) is 3. The monoisotopic (exact) mass is 392 g/mol. The molecule has 1 atom stereocenters. The van der Waals surface area contributed by atoms with Gasteiger partial charge in [0.1, 0.15) is 5.65 Å². The number of rotatable bonds is 3. The Balaban J connectivity index is 2.10. The average Bonchev–Trinajstić information content (AvgIpc) is 2.98. The molecule has 28 heavy (non-hydrogen) atoms. The molecule has 0 aliphatic rings. The predicted molar refractivity (Wildman–Crippen MR) is 114 cm³/mol. The summed E-state index contributed by atoms with van der Waals surface area (Å²) >= 11 is 6.23. The number of aryl methyl sites for hydroxylation is 1. The van der Waals surface area contributed by atoms with E-state index in [9.17, 15) is 4.79 Å². The van der Waals surface area contributed by atoms with Crippen molar-refractivity contribution in [2.24, 2.45) is 7.05 Å². The van der Waals surface area contributed by atoms with Crippen LogP contribution in [0.15, 0.2) is 48.5 Å². The minimum Gasteiger partial charge on any atom is -0.348 e. The fourth-order valence-electron chi connectivity index (χ4n) is 3.61. The van der Waals surface area contributed by atoms with Crippen LogP contribution in [0.4, 0.5) is 0 Å². The van der Waals surface area contributed by atoms with Crippen LogP contribution < -0.4 is 0 Å². The van der Waals surface area contributed by atoms with Gasteiger partial charge in [-0.05, 0) is 19.1 Å². The van der Waals surface area contributed by atoms with Gasteiger partial charge >= 0.3 is 0 Å². The van der Waals surface area contributed by atoms with E-state index >= 15 is 0 Å². The number of likely N-dealkylation sites (N-methyl/N-ethyl adjacent to an activating group) is 1. The number of carbonyl (C=O) groups excluding carboxylic acids is 1. The lowest BCUT2D eigenvalue weighted by Crippen LogP contribution is -2.27. The average molecular weight is 393 g/mol. The van der Waals surface area contributed by atoms with Crippen molar-refractivity contribution < 1.29 is 4.79 Å². The van der Waals surface area contributed by atoms with Crippen LogP contribution in [0.2, 0.25) is 5.02 Å². The number of nitrogens with zero attached hydrogens (tertiary/aromatic N) is 4. The second kappa shape index (κ2) is 6.91. The Morgan fingerprint density at radius 2 is 1.82 bits per heavy atom. The molecule has 2 aromatic carbocycles. The molecule has 0 saturated carbocycles. The van der Waals surface area contributed by atoms with Crippen LogP contribution in [0, 0.1) is 0 Å². The molecule has 0 spiro atoms. The highest BCUT2D eigenvalue weighted by molar-refractivity contribution is 6.31. The molecule has 4 rings (SSSR count). The van der Waals surface area contributed by atoms with Gasteiger partial charge in [-0.3, -0.25) is 4.79 Å². The zero-order valence-corrected chi connectivity index (χ0v) is 17.0. The van der Waals surface area contributed by atoms with Gasteiger partial charge < -0.3 is 9.47 Å². The minimum atomic E-state index is -0.399. The predicted octanol–water partition coefficient (Wildman–Crippen LogP) is 4.63. The van der Waals surface area contributed by atoms with Gasteiger partial charge in [-0.15, -0.1) is 0 Å². The molecular weight excluding hydrogens is 372 g/mol. The summed E-state index contributed by atoms with van der Waals surface area (Å²) in [5, 5.41) is 2.56. The van der Waals surface area contributed by atoms with Crippen LogP contribution in [-0.2, 0) is 11.8 Å². The van der Waals surface area contributed by atoms with Crippen LogP contribution in [0.3, 0.4) is 0 Å². The van der Waals surface area contributed by atoms with Crippen molar-refractivity contribution in [2.45, 2.75) is 12.8 Å². The first-order valence-corrected chi connectivity index (χ1v) is 9.48. The third-order valence-electron chi connectivity index (χ3n) is 5.08. The van der Waals surface area contributed by atoms with Crippen molar-refractivity contribution in [3.63, 3.8) is 0 Å². The summed E-state index contributed by atoms with van der Waals surface area (Å²) in [7, 11) is 5.49. The maximum absolute atomic E-state index is 12.8. The Labute approximate surface area is 168 Å². The van der Waals surface area contributed by atoms with Crippen molar-refractivity contribution in [1.29, 1.82) is 0 Å². The highest BCUT2D eigenvalue weighted by Gasteiger charge is 2.25. The van der Waals surface area contributed by atoms with Crippen molar-refractivity contribution in [3.8, 4) is 11.4 Å². The van der Waals surface area contributed by atoms with E-state index in [0.29, 0.717) is 10.8 Å². The van der Waals surface area contributed by atoms with Crippen LogP contribution in [-0.4, -0.2) is 39.4 Å². The first-order chi connectivity index (χ1) is 13.4. The Morgan fingerprint density at radius 1 is 1.11 bits per heavy atom. The number of benzene rings is 2. The number of fused-ring (bicyclic) bond motifs is 3.